The highest BCUT2D eigenvalue weighted by atomic mass is 16.5. The Morgan fingerprint density at radius 2 is 1.97 bits per heavy atom. The van der Waals surface area contributed by atoms with Gasteiger partial charge in [0.2, 0.25) is 0 Å². The van der Waals surface area contributed by atoms with Gasteiger partial charge in [-0.05, 0) is 48.8 Å². The minimum atomic E-state index is 0.0605. The van der Waals surface area contributed by atoms with E-state index in [1.807, 2.05) is 12.3 Å². The van der Waals surface area contributed by atoms with Crippen LogP contribution in [0.25, 0.3) is 16.8 Å². The number of imidazole rings is 1. The number of anilines is 1. The molecule has 2 aliphatic rings. The fourth-order valence-electron chi connectivity index (χ4n) is 5.09. The minimum absolute atomic E-state index is 0.0605. The lowest BCUT2D eigenvalue weighted by molar-refractivity contribution is 0.138. The van der Waals surface area contributed by atoms with E-state index in [9.17, 15) is 5.11 Å². The highest BCUT2D eigenvalue weighted by Gasteiger charge is 2.34. The van der Waals surface area contributed by atoms with Gasteiger partial charge in [0.15, 0.2) is 0 Å². The summed E-state index contributed by atoms with van der Waals surface area (Å²) in [6.45, 7) is 0.237. The summed E-state index contributed by atoms with van der Waals surface area (Å²) in [4.78, 5) is 9.37. The van der Waals surface area contributed by atoms with Crippen LogP contribution in [0.2, 0.25) is 0 Å². The van der Waals surface area contributed by atoms with E-state index in [1.165, 1.54) is 11.1 Å². The quantitative estimate of drug-likeness (QED) is 0.501. The molecule has 0 amide bonds. The van der Waals surface area contributed by atoms with Crippen LogP contribution in [-0.4, -0.2) is 26.1 Å². The number of aromatic nitrogens is 3. The number of fused-ring (bicyclic) bond motifs is 2. The molecule has 0 spiro atoms. The molecule has 162 valence electrons. The maximum Gasteiger partial charge on any atom is 0.150 e. The monoisotopic (exact) mass is 426 g/mol. The number of ether oxygens (including phenoxy) is 1. The van der Waals surface area contributed by atoms with Crippen molar-refractivity contribution < 1.29 is 9.84 Å². The van der Waals surface area contributed by atoms with Crippen molar-refractivity contribution in [2.24, 2.45) is 5.92 Å². The van der Waals surface area contributed by atoms with E-state index >= 15 is 0 Å². The number of aliphatic hydroxyl groups is 1. The Morgan fingerprint density at radius 3 is 2.78 bits per heavy atom. The molecular weight excluding hydrogens is 400 g/mol. The van der Waals surface area contributed by atoms with Gasteiger partial charge in [0.1, 0.15) is 34.7 Å². The van der Waals surface area contributed by atoms with Crippen LogP contribution in [0, 0.1) is 5.92 Å². The first-order valence-corrected chi connectivity index (χ1v) is 11.3. The highest BCUT2D eigenvalue weighted by Crippen LogP contribution is 2.44. The number of aryl methyl sites for hydroxylation is 1. The SMILES string of the molecule is Nc1nccn2c(C3CC(CO)C3)nc(-c3ccc4c(c3)O[C@H](c3ccccc3)CC4)c12. The Hall–Kier alpha value is -3.38. The Morgan fingerprint density at radius 1 is 1.12 bits per heavy atom. The smallest absolute Gasteiger partial charge is 0.150 e. The predicted octanol–water partition coefficient (Wildman–Crippen LogP) is 4.53. The summed E-state index contributed by atoms with van der Waals surface area (Å²) < 4.78 is 8.50. The molecule has 1 aliphatic heterocycles. The van der Waals surface area contributed by atoms with Crippen molar-refractivity contribution >= 4 is 11.3 Å². The first-order valence-electron chi connectivity index (χ1n) is 11.3. The van der Waals surface area contributed by atoms with Crippen molar-refractivity contribution in [3.05, 3.63) is 77.9 Å². The second kappa shape index (κ2) is 7.64. The first kappa shape index (κ1) is 19.3. The molecule has 6 rings (SSSR count). The van der Waals surface area contributed by atoms with Gasteiger partial charge >= 0.3 is 0 Å². The Kier molecular flexibility index (Phi) is 4.61. The normalized spacial score (nSPS) is 22.2. The van der Waals surface area contributed by atoms with Gasteiger partial charge in [0, 0.05) is 30.5 Å². The van der Waals surface area contributed by atoms with Crippen LogP contribution in [0.3, 0.4) is 0 Å². The maximum atomic E-state index is 9.44. The molecule has 6 heteroatoms. The largest absolute Gasteiger partial charge is 0.485 e. The Labute approximate surface area is 186 Å². The zero-order chi connectivity index (χ0) is 21.7. The van der Waals surface area contributed by atoms with Gasteiger partial charge < -0.3 is 15.6 Å². The van der Waals surface area contributed by atoms with Crippen LogP contribution in [0.5, 0.6) is 5.75 Å². The van der Waals surface area contributed by atoms with Crippen molar-refractivity contribution in [1.82, 2.24) is 14.4 Å². The average Bonchev–Trinajstić information content (AvgIpc) is 3.19. The van der Waals surface area contributed by atoms with Gasteiger partial charge in [-0.2, -0.15) is 0 Å². The summed E-state index contributed by atoms with van der Waals surface area (Å²) >= 11 is 0. The van der Waals surface area contributed by atoms with Crippen molar-refractivity contribution in [2.45, 2.75) is 37.7 Å². The number of hydrogen-bond donors (Lipinski definition) is 2. The molecule has 3 N–H and O–H groups in total. The summed E-state index contributed by atoms with van der Waals surface area (Å²) in [5, 5.41) is 9.44. The van der Waals surface area contributed by atoms with Crippen LogP contribution < -0.4 is 10.5 Å². The summed E-state index contributed by atoms with van der Waals surface area (Å²) in [7, 11) is 0. The standard InChI is InChI=1S/C26H26N4O2/c27-25-24-23(29-26(30(24)11-10-28-25)20-12-16(13-20)15-31)19-7-6-18-8-9-21(32-22(18)14-19)17-4-2-1-3-5-17/h1-7,10-11,14,16,20-21,31H,8-9,12-13,15H2,(H2,27,28)/t16?,20?,21-/m0/s1. The molecule has 2 aromatic heterocycles. The van der Waals surface area contributed by atoms with Crippen LogP contribution in [0.15, 0.2) is 60.9 Å². The van der Waals surface area contributed by atoms with Crippen LogP contribution in [0.1, 0.15) is 48.2 Å². The minimum Gasteiger partial charge on any atom is -0.485 e. The van der Waals surface area contributed by atoms with E-state index in [1.54, 1.807) is 6.20 Å². The van der Waals surface area contributed by atoms with E-state index in [0.29, 0.717) is 17.7 Å². The van der Waals surface area contributed by atoms with Gasteiger partial charge in [-0.1, -0.05) is 42.5 Å². The third-order valence-corrected chi connectivity index (χ3v) is 6.93. The molecule has 6 nitrogen and oxygen atoms in total. The number of aliphatic hydroxyl groups excluding tert-OH is 1. The molecule has 32 heavy (non-hydrogen) atoms. The van der Waals surface area contributed by atoms with Crippen LogP contribution in [-0.2, 0) is 6.42 Å². The van der Waals surface area contributed by atoms with Crippen molar-refractivity contribution in [2.75, 3.05) is 12.3 Å². The molecule has 1 atom stereocenters. The molecule has 1 aliphatic carbocycles. The van der Waals surface area contributed by atoms with Crippen molar-refractivity contribution in [1.29, 1.82) is 0 Å². The van der Waals surface area contributed by atoms with E-state index in [4.69, 9.17) is 15.5 Å². The Bertz CT molecular complexity index is 1280. The van der Waals surface area contributed by atoms with Gasteiger partial charge in [-0.15, -0.1) is 0 Å². The maximum absolute atomic E-state index is 9.44. The molecular formula is C26H26N4O2. The molecule has 0 radical (unpaired) electrons. The zero-order valence-electron chi connectivity index (χ0n) is 17.8. The third kappa shape index (κ3) is 3.14. The van der Waals surface area contributed by atoms with Crippen LogP contribution in [0.4, 0.5) is 5.82 Å². The summed E-state index contributed by atoms with van der Waals surface area (Å²) in [5.74, 6) is 3.07. The fraction of sp³-hybridized carbons (Fsp3) is 0.308. The third-order valence-electron chi connectivity index (χ3n) is 6.93. The molecule has 0 bridgehead atoms. The lowest BCUT2D eigenvalue weighted by atomic mass is 9.75. The molecule has 1 fully saturated rings. The molecule has 4 aromatic rings. The topological polar surface area (TPSA) is 85.7 Å². The fourth-order valence-corrected chi connectivity index (χ4v) is 5.09. The van der Waals surface area contributed by atoms with E-state index in [0.717, 1.165) is 54.0 Å². The summed E-state index contributed by atoms with van der Waals surface area (Å²) in [6, 6.07) is 16.7. The highest BCUT2D eigenvalue weighted by molar-refractivity contribution is 5.86. The molecule has 3 heterocycles. The number of nitrogens with zero attached hydrogens (tertiary/aromatic N) is 3. The van der Waals surface area contributed by atoms with Gasteiger partial charge in [0.05, 0.1) is 0 Å². The van der Waals surface area contributed by atoms with Gasteiger partial charge in [-0.25, -0.2) is 9.97 Å². The number of rotatable bonds is 4. The second-order valence-electron chi connectivity index (χ2n) is 8.94. The van der Waals surface area contributed by atoms with E-state index in [-0.39, 0.29) is 12.7 Å². The Balaban J connectivity index is 1.40. The first-order chi connectivity index (χ1) is 15.7. The molecule has 0 unspecified atom stereocenters. The van der Waals surface area contributed by atoms with E-state index in [2.05, 4.69) is 51.8 Å². The molecule has 2 aromatic carbocycles. The predicted molar refractivity (Wildman–Crippen MR) is 124 cm³/mol. The lowest BCUT2D eigenvalue weighted by Crippen LogP contribution is -2.26. The number of hydrogen-bond acceptors (Lipinski definition) is 5. The summed E-state index contributed by atoms with van der Waals surface area (Å²) in [6.07, 6.45) is 7.57. The number of nitrogens with two attached hydrogens (primary N) is 1. The number of nitrogen functional groups attached to an aromatic ring is 1. The zero-order valence-corrected chi connectivity index (χ0v) is 17.8. The second-order valence-corrected chi connectivity index (χ2v) is 8.94. The number of benzene rings is 2. The van der Waals surface area contributed by atoms with Crippen molar-refractivity contribution in [3.8, 4) is 17.0 Å². The lowest BCUT2D eigenvalue weighted by Gasteiger charge is -2.33. The average molecular weight is 427 g/mol. The van der Waals surface area contributed by atoms with Gasteiger partial charge in [-0.3, -0.25) is 4.40 Å². The van der Waals surface area contributed by atoms with Gasteiger partial charge in [0.25, 0.3) is 0 Å². The van der Waals surface area contributed by atoms with Crippen molar-refractivity contribution in [3.63, 3.8) is 0 Å². The molecule has 1 saturated carbocycles. The summed E-state index contributed by atoms with van der Waals surface area (Å²) in [5.41, 5.74) is 11.4. The van der Waals surface area contributed by atoms with E-state index < -0.39 is 0 Å². The molecule has 0 saturated heterocycles. The van der Waals surface area contributed by atoms with Crippen LogP contribution >= 0.6 is 0 Å².